The SMILES string of the molecule is CN(CC(=O)N1CCCC(C(=O)O)C1)C(=O)c1ccccc1Oc1ccccc1. The lowest BCUT2D eigenvalue weighted by molar-refractivity contribution is -0.145. The number of piperidine rings is 1. The molecular formula is C22H24N2O5. The average Bonchev–Trinajstić information content (AvgIpc) is 2.74. The predicted molar refractivity (Wildman–Crippen MR) is 107 cm³/mol. The van der Waals surface area contributed by atoms with E-state index in [1.807, 2.05) is 18.2 Å². The first-order valence-corrected chi connectivity index (χ1v) is 9.53. The van der Waals surface area contributed by atoms with Crippen LogP contribution in [0.1, 0.15) is 23.2 Å². The van der Waals surface area contributed by atoms with Crippen LogP contribution in [0.25, 0.3) is 0 Å². The molecule has 1 saturated heterocycles. The van der Waals surface area contributed by atoms with Crippen molar-refractivity contribution in [2.24, 2.45) is 5.92 Å². The molecule has 0 bridgehead atoms. The van der Waals surface area contributed by atoms with E-state index >= 15 is 0 Å². The molecule has 1 N–H and O–H groups in total. The maximum absolute atomic E-state index is 12.9. The quantitative estimate of drug-likeness (QED) is 0.811. The van der Waals surface area contributed by atoms with Crippen LogP contribution in [-0.2, 0) is 9.59 Å². The molecule has 2 aromatic carbocycles. The summed E-state index contributed by atoms with van der Waals surface area (Å²) < 4.78 is 5.83. The number of likely N-dealkylation sites (tertiary alicyclic amines) is 1. The second kappa shape index (κ2) is 9.23. The number of nitrogens with zero attached hydrogens (tertiary/aromatic N) is 2. The lowest BCUT2D eigenvalue weighted by Crippen LogP contribution is -2.46. The molecule has 152 valence electrons. The molecule has 0 spiro atoms. The second-order valence-corrected chi connectivity index (χ2v) is 7.09. The fraction of sp³-hybridized carbons (Fsp3) is 0.318. The van der Waals surface area contributed by atoms with Gasteiger partial charge in [-0.25, -0.2) is 0 Å². The minimum atomic E-state index is -0.890. The molecule has 0 aliphatic carbocycles. The van der Waals surface area contributed by atoms with Crippen molar-refractivity contribution in [2.45, 2.75) is 12.8 Å². The minimum Gasteiger partial charge on any atom is -0.481 e. The Morgan fingerprint density at radius 1 is 1.10 bits per heavy atom. The molecule has 1 heterocycles. The predicted octanol–water partition coefficient (Wildman–Crippen LogP) is 2.87. The number of hydrogen-bond acceptors (Lipinski definition) is 4. The van der Waals surface area contributed by atoms with Crippen molar-refractivity contribution in [3.05, 3.63) is 60.2 Å². The number of aliphatic carboxylic acids is 1. The van der Waals surface area contributed by atoms with Gasteiger partial charge >= 0.3 is 5.97 Å². The van der Waals surface area contributed by atoms with Gasteiger partial charge in [0.25, 0.3) is 5.91 Å². The molecular weight excluding hydrogens is 372 g/mol. The molecule has 2 amide bonds. The lowest BCUT2D eigenvalue weighted by Gasteiger charge is -2.32. The Balaban J connectivity index is 1.67. The molecule has 1 aliphatic rings. The number of carbonyl (C=O) groups is 3. The third-order valence-electron chi connectivity index (χ3n) is 4.93. The molecule has 1 unspecified atom stereocenters. The van der Waals surface area contributed by atoms with Crippen LogP contribution in [0.4, 0.5) is 0 Å². The van der Waals surface area contributed by atoms with Crippen molar-refractivity contribution in [2.75, 3.05) is 26.7 Å². The van der Waals surface area contributed by atoms with Gasteiger partial charge in [0.1, 0.15) is 11.5 Å². The van der Waals surface area contributed by atoms with Crippen LogP contribution < -0.4 is 4.74 Å². The van der Waals surface area contributed by atoms with E-state index < -0.39 is 11.9 Å². The van der Waals surface area contributed by atoms with Crippen LogP contribution in [0, 0.1) is 5.92 Å². The first-order valence-electron chi connectivity index (χ1n) is 9.53. The molecule has 1 atom stereocenters. The average molecular weight is 396 g/mol. The number of ether oxygens (including phenoxy) is 1. The molecule has 7 heteroatoms. The first kappa shape index (κ1) is 20.4. The van der Waals surface area contributed by atoms with Gasteiger partial charge in [-0.1, -0.05) is 30.3 Å². The highest BCUT2D eigenvalue weighted by atomic mass is 16.5. The second-order valence-electron chi connectivity index (χ2n) is 7.09. The largest absolute Gasteiger partial charge is 0.481 e. The van der Waals surface area contributed by atoms with Crippen molar-refractivity contribution in [1.29, 1.82) is 0 Å². The van der Waals surface area contributed by atoms with Crippen molar-refractivity contribution < 1.29 is 24.2 Å². The molecule has 2 aromatic rings. The Morgan fingerprint density at radius 3 is 2.52 bits per heavy atom. The topological polar surface area (TPSA) is 87.2 Å². The Morgan fingerprint density at radius 2 is 1.79 bits per heavy atom. The van der Waals surface area contributed by atoms with Crippen LogP contribution in [0.5, 0.6) is 11.5 Å². The fourth-order valence-electron chi connectivity index (χ4n) is 3.33. The summed E-state index contributed by atoms with van der Waals surface area (Å²) in [5.74, 6) is -1.01. The molecule has 3 rings (SSSR count). The molecule has 1 fully saturated rings. The number of carbonyl (C=O) groups excluding carboxylic acids is 2. The number of likely N-dealkylation sites (N-methyl/N-ethyl adjacent to an activating group) is 1. The van der Waals surface area contributed by atoms with Crippen LogP contribution in [0.15, 0.2) is 54.6 Å². The van der Waals surface area contributed by atoms with Gasteiger partial charge in [0.05, 0.1) is 18.0 Å². The van der Waals surface area contributed by atoms with Gasteiger partial charge in [0.2, 0.25) is 5.91 Å². The summed E-state index contributed by atoms with van der Waals surface area (Å²) in [5, 5.41) is 9.19. The van der Waals surface area contributed by atoms with Crippen molar-refractivity contribution in [3.8, 4) is 11.5 Å². The molecule has 0 aromatic heterocycles. The molecule has 1 aliphatic heterocycles. The van der Waals surface area contributed by atoms with Crippen molar-refractivity contribution in [1.82, 2.24) is 9.80 Å². The van der Waals surface area contributed by atoms with Crippen LogP contribution >= 0.6 is 0 Å². The van der Waals surface area contributed by atoms with E-state index in [1.54, 1.807) is 43.4 Å². The fourth-order valence-corrected chi connectivity index (χ4v) is 3.33. The van der Waals surface area contributed by atoms with Crippen molar-refractivity contribution >= 4 is 17.8 Å². The zero-order valence-electron chi connectivity index (χ0n) is 16.3. The number of carboxylic acids is 1. The number of carboxylic acid groups (broad SMARTS) is 1. The van der Waals surface area contributed by atoms with E-state index in [2.05, 4.69) is 0 Å². The van der Waals surface area contributed by atoms with E-state index in [9.17, 15) is 19.5 Å². The maximum Gasteiger partial charge on any atom is 0.308 e. The zero-order chi connectivity index (χ0) is 20.8. The van der Waals surface area contributed by atoms with Crippen molar-refractivity contribution in [3.63, 3.8) is 0 Å². The number of benzene rings is 2. The lowest BCUT2D eigenvalue weighted by atomic mass is 9.98. The Hall–Kier alpha value is -3.35. The summed E-state index contributed by atoms with van der Waals surface area (Å²) >= 11 is 0. The van der Waals surface area contributed by atoms with Gasteiger partial charge < -0.3 is 19.6 Å². The normalized spacial score (nSPS) is 16.2. The highest BCUT2D eigenvalue weighted by molar-refractivity contribution is 5.98. The van der Waals surface area contributed by atoms with E-state index in [0.29, 0.717) is 36.4 Å². The molecule has 0 radical (unpaired) electrons. The summed E-state index contributed by atoms with van der Waals surface area (Å²) in [4.78, 5) is 39.6. The molecule has 29 heavy (non-hydrogen) atoms. The van der Waals surface area contributed by atoms with Crippen LogP contribution in [0.3, 0.4) is 0 Å². The number of para-hydroxylation sites is 2. The minimum absolute atomic E-state index is 0.120. The van der Waals surface area contributed by atoms with Gasteiger partial charge in [-0.05, 0) is 37.1 Å². The van der Waals surface area contributed by atoms with Crippen LogP contribution in [0.2, 0.25) is 0 Å². The third-order valence-corrected chi connectivity index (χ3v) is 4.93. The highest BCUT2D eigenvalue weighted by Crippen LogP contribution is 2.26. The summed E-state index contributed by atoms with van der Waals surface area (Å²) in [5.41, 5.74) is 0.355. The number of rotatable bonds is 6. The van der Waals surface area contributed by atoms with Gasteiger partial charge in [0.15, 0.2) is 0 Å². The molecule has 7 nitrogen and oxygen atoms in total. The Bertz CT molecular complexity index is 884. The number of amides is 2. The summed E-state index contributed by atoms with van der Waals surface area (Å²) in [7, 11) is 1.55. The maximum atomic E-state index is 12.9. The van der Waals surface area contributed by atoms with Gasteiger partial charge in [-0.2, -0.15) is 0 Å². The van der Waals surface area contributed by atoms with E-state index in [0.717, 1.165) is 0 Å². The zero-order valence-corrected chi connectivity index (χ0v) is 16.3. The standard InChI is InChI=1S/C22H24N2O5/c1-23(15-20(25)24-13-7-8-16(14-24)22(27)28)21(26)18-11-5-6-12-19(18)29-17-9-3-2-4-10-17/h2-6,9-12,16H,7-8,13-15H2,1H3,(H,27,28). The van der Waals surface area contributed by atoms with E-state index in [4.69, 9.17) is 4.74 Å². The molecule has 0 saturated carbocycles. The highest BCUT2D eigenvalue weighted by Gasteiger charge is 2.29. The number of hydrogen-bond donors (Lipinski definition) is 1. The summed E-state index contributed by atoms with van der Waals surface area (Å²) in [6.07, 6.45) is 1.21. The Labute approximate surface area is 169 Å². The summed E-state index contributed by atoms with van der Waals surface area (Å²) in [6.45, 7) is 0.576. The van der Waals surface area contributed by atoms with Crippen LogP contribution in [-0.4, -0.2) is 59.4 Å². The monoisotopic (exact) mass is 396 g/mol. The van der Waals surface area contributed by atoms with Gasteiger partial charge in [-0.15, -0.1) is 0 Å². The van der Waals surface area contributed by atoms with E-state index in [1.165, 1.54) is 9.80 Å². The first-order chi connectivity index (χ1) is 14.0. The smallest absolute Gasteiger partial charge is 0.308 e. The van der Waals surface area contributed by atoms with Gasteiger partial charge in [-0.3, -0.25) is 14.4 Å². The third kappa shape index (κ3) is 5.13. The summed E-state index contributed by atoms with van der Waals surface area (Å²) in [6, 6.07) is 16.0. The van der Waals surface area contributed by atoms with Gasteiger partial charge in [0, 0.05) is 20.1 Å². The van der Waals surface area contributed by atoms with E-state index in [-0.39, 0.29) is 24.9 Å². The Kier molecular flexibility index (Phi) is 6.49.